The molecule has 5 nitrogen and oxygen atoms in total. The van der Waals surface area contributed by atoms with Crippen LogP contribution in [0.1, 0.15) is 35.7 Å². The summed E-state index contributed by atoms with van der Waals surface area (Å²) in [5.41, 5.74) is 1.08. The van der Waals surface area contributed by atoms with E-state index in [0.717, 1.165) is 12.7 Å². The van der Waals surface area contributed by atoms with Crippen molar-refractivity contribution >= 4 is 6.29 Å². The van der Waals surface area contributed by atoms with Gasteiger partial charge in [0.25, 0.3) is 0 Å². The van der Waals surface area contributed by atoms with Gasteiger partial charge in [-0.3, -0.25) is 4.79 Å². The molecule has 0 aliphatic carbocycles. The van der Waals surface area contributed by atoms with Crippen molar-refractivity contribution in [2.24, 2.45) is 0 Å². The van der Waals surface area contributed by atoms with Crippen LogP contribution in [-0.4, -0.2) is 31.6 Å². The van der Waals surface area contributed by atoms with Crippen molar-refractivity contribution < 1.29 is 19.0 Å². The number of carbonyl (C=O) groups excluding carboxylic acids is 1. The number of nitrogens with zero attached hydrogens (tertiary/aromatic N) is 1. The van der Waals surface area contributed by atoms with Crippen molar-refractivity contribution in [1.82, 2.24) is 4.98 Å². The predicted octanol–water partition coefficient (Wildman–Crippen LogP) is 1.90. The van der Waals surface area contributed by atoms with Crippen LogP contribution in [0.3, 0.4) is 0 Å². The third kappa shape index (κ3) is 2.11. The SMILES string of the molecule is CCC1(c2ccnc(OC)c2C=O)OCCCO1. The first-order valence-corrected chi connectivity index (χ1v) is 6.04. The van der Waals surface area contributed by atoms with E-state index in [1.54, 1.807) is 12.3 Å². The van der Waals surface area contributed by atoms with Crippen molar-refractivity contribution in [1.29, 1.82) is 0 Å². The summed E-state index contributed by atoms with van der Waals surface area (Å²) >= 11 is 0. The lowest BCUT2D eigenvalue weighted by Gasteiger charge is -2.37. The molecule has 1 fully saturated rings. The Morgan fingerprint density at radius 3 is 2.78 bits per heavy atom. The van der Waals surface area contributed by atoms with Crippen molar-refractivity contribution in [2.75, 3.05) is 20.3 Å². The Hall–Kier alpha value is -1.46. The normalized spacial score (nSPS) is 18.3. The zero-order valence-corrected chi connectivity index (χ0v) is 10.6. The summed E-state index contributed by atoms with van der Waals surface area (Å²) < 4.78 is 16.7. The van der Waals surface area contributed by atoms with Gasteiger partial charge in [-0.2, -0.15) is 0 Å². The quantitative estimate of drug-likeness (QED) is 0.765. The molecule has 1 aromatic heterocycles. The number of carbonyl (C=O) groups is 1. The van der Waals surface area contributed by atoms with E-state index in [1.165, 1.54) is 7.11 Å². The summed E-state index contributed by atoms with van der Waals surface area (Å²) in [6.07, 6.45) is 3.82. The van der Waals surface area contributed by atoms with Gasteiger partial charge in [-0.25, -0.2) is 4.98 Å². The topological polar surface area (TPSA) is 57.7 Å². The number of rotatable bonds is 4. The summed E-state index contributed by atoms with van der Waals surface area (Å²) in [7, 11) is 1.49. The second-order valence-electron chi connectivity index (χ2n) is 4.06. The van der Waals surface area contributed by atoms with E-state index in [4.69, 9.17) is 14.2 Å². The van der Waals surface area contributed by atoms with E-state index >= 15 is 0 Å². The number of aromatic nitrogens is 1. The zero-order valence-electron chi connectivity index (χ0n) is 10.6. The monoisotopic (exact) mass is 251 g/mol. The van der Waals surface area contributed by atoms with Gasteiger partial charge in [-0.05, 0) is 12.5 Å². The minimum atomic E-state index is -0.856. The first-order chi connectivity index (χ1) is 8.77. The molecule has 1 saturated heterocycles. The molecular weight excluding hydrogens is 234 g/mol. The molecule has 98 valence electrons. The summed E-state index contributed by atoms with van der Waals surface area (Å²) in [6.45, 7) is 3.21. The lowest BCUT2D eigenvalue weighted by Crippen LogP contribution is -2.38. The minimum Gasteiger partial charge on any atom is -0.480 e. The van der Waals surface area contributed by atoms with Crippen LogP contribution in [0.5, 0.6) is 5.88 Å². The van der Waals surface area contributed by atoms with Crippen molar-refractivity contribution in [3.05, 3.63) is 23.4 Å². The molecule has 1 aliphatic rings. The molecule has 0 unspecified atom stereocenters. The maximum Gasteiger partial charge on any atom is 0.224 e. The maximum absolute atomic E-state index is 11.3. The van der Waals surface area contributed by atoms with Crippen LogP contribution in [0.15, 0.2) is 12.3 Å². The average molecular weight is 251 g/mol. The molecule has 1 aliphatic heterocycles. The summed E-state index contributed by atoms with van der Waals surface area (Å²) in [5.74, 6) is -0.557. The number of methoxy groups -OCH3 is 1. The average Bonchev–Trinajstić information content (AvgIpc) is 2.47. The number of ether oxygens (including phenoxy) is 3. The number of aldehydes is 1. The fraction of sp³-hybridized carbons (Fsp3) is 0.538. The lowest BCUT2D eigenvalue weighted by atomic mass is 9.98. The van der Waals surface area contributed by atoms with E-state index in [9.17, 15) is 4.79 Å². The van der Waals surface area contributed by atoms with Crippen LogP contribution < -0.4 is 4.74 Å². The zero-order chi connectivity index (χ0) is 13.0. The van der Waals surface area contributed by atoms with E-state index in [0.29, 0.717) is 36.6 Å². The first kappa shape index (κ1) is 13.0. The molecule has 18 heavy (non-hydrogen) atoms. The van der Waals surface area contributed by atoms with Gasteiger partial charge in [0, 0.05) is 18.2 Å². The van der Waals surface area contributed by atoms with E-state index in [2.05, 4.69) is 4.98 Å². The van der Waals surface area contributed by atoms with Crippen LogP contribution in [-0.2, 0) is 15.3 Å². The van der Waals surface area contributed by atoms with Crippen LogP contribution in [0.25, 0.3) is 0 Å². The Morgan fingerprint density at radius 2 is 2.22 bits per heavy atom. The third-order valence-electron chi connectivity index (χ3n) is 3.10. The van der Waals surface area contributed by atoms with Crippen LogP contribution in [0.2, 0.25) is 0 Å². The highest BCUT2D eigenvalue weighted by atomic mass is 16.7. The Morgan fingerprint density at radius 1 is 1.50 bits per heavy atom. The molecular formula is C13H17NO4. The molecule has 0 amide bonds. The molecule has 2 heterocycles. The van der Waals surface area contributed by atoms with Crippen molar-refractivity contribution in [2.45, 2.75) is 25.6 Å². The minimum absolute atomic E-state index is 0.299. The van der Waals surface area contributed by atoms with Gasteiger partial charge < -0.3 is 14.2 Å². The highest BCUT2D eigenvalue weighted by Gasteiger charge is 2.37. The Labute approximate surface area is 106 Å². The smallest absolute Gasteiger partial charge is 0.224 e. The van der Waals surface area contributed by atoms with Gasteiger partial charge in [0.15, 0.2) is 12.1 Å². The molecule has 0 aromatic carbocycles. The Bertz CT molecular complexity index is 427. The number of hydrogen-bond donors (Lipinski definition) is 0. The maximum atomic E-state index is 11.3. The predicted molar refractivity (Wildman–Crippen MR) is 64.7 cm³/mol. The Balaban J connectivity index is 2.50. The number of hydrogen-bond acceptors (Lipinski definition) is 5. The standard InChI is InChI=1S/C13H17NO4/c1-3-13(17-7-4-8-18-13)11-5-6-14-12(16-2)10(11)9-15/h5-6,9H,3-4,7-8H2,1-2H3. The molecule has 0 radical (unpaired) electrons. The largest absolute Gasteiger partial charge is 0.480 e. The van der Waals surface area contributed by atoms with Crippen molar-refractivity contribution in [3.63, 3.8) is 0 Å². The van der Waals surface area contributed by atoms with Gasteiger partial charge in [-0.15, -0.1) is 0 Å². The second kappa shape index (κ2) is 5.46. The van der Waals surface area contributed by atoms with E-state index in [-0.39, 0.29) is 0 Å². The molecule has 1 aromatic rings. The summed E-state index contributed by atoms with van der Waals surface area (Å²) in [5, 5.41) is 0. The molecule has 2 rings (SSSR count). The fourth-order valence-electron chi connectivity index (χ4n) is 2.19. The highest BCUT2D eigenvalue weighted by molar-refractivity contribution is 5.81. The summed E-state index contributed by atoms with van der Waals surface area (Å²) in [4.78, 5) is 15.3. The van der Waals surface area contributed by atoms with Gasteiger partial charge >= 0.3 is 0 Å². The van der Waals surface area contributed by atoms with E-state index < -0.39 is 5.79 Å². The van der Waals surface area contributed by atoms with Crippen LogP contribution in [0, 0.1) is 0 Å². The molecule has 5 heteroatoms. The Kier molecular flexibility index (Phi) is 3.93. The number of pyridine rings is 1. The van der Waals surface area contributed by atoms with Gasteiger partial charge in [0.2, 0.25) is 5.88 Å². The fourth-order valence-corrected chi connectivity index (χ4v) is 2.19. The summed E-state index contributed by atoms with van der Waals surface area (Å²) in [6, 6.07) is 1.75. The molecule has 0 saturated carbocycles. The lowest BCUT2D eigenvalue weighted by molar-refractivity contribution is -0.278. The third-order valence-corrected chi connectivity index (χ3v) is 3.10. The van der Waals surface area contributed by atoms with Crippen LogP contribution >= 0.6 is 0 Å². The molecule has 0 N–H and O–H groups in total. The van der Waals surface area contributed by atoms with Gasteiger partial charge in [0.05, 0.1) is 25.9 Å². The van der Waals surface area contributed by atoms with Gasteiger partial charge in [-0.1, -0.05) is 6.92 Å². The van der Waals surface area contributed by atoms with Crippen LogP contribution in [0.4, 0.5) is 0 Å². The molecule has 0 atom stereocenters. The van der Waals surface area contributed by atoms with Crippen molar-refractivity contribution in [3.8, 4) is 5.88 Å². The first-order valence-electron chi connectivity index (χ1n) is 6.04. The molecule has 0 bridgehead atoms. The van der Waals surface area contributed by atoms with E-state index in [1.807, 2.05) is 6.92 Å². The second-order valence-corrected chi connectivity index (χ2v) is 4.06. The molecule has 0 spiro atoms. The van der Waals surface area contributed by atoms with Gasteiger partial charge in [0.1, 0.15) is 0 Å². The highest BCUT2D eigenvalue weighted by Crippen LogP contribution is 2.37.